The molecular weight excluding hydrogens is 406 g/mol. The number of hydrogen-bond acceptors (Lipinski definition) is 6. The normalized spacial score (nSPS) is 16.6. The number of ether oxygens (including phenoxy) is 1. The molecule has 2 aliphatic heterocycles. The molecule has 0 unspecified atom stereocenters. The van der Waals surface area contributed by atoms with Crippen LogP contribution in [0.4, 0.5) is 5.82 Å². The van der Waals surface area contributed by atoms with E-state index in [0.717, 1.165) is 47.1 Å². The number of carbonyl (C=O) groups is 2. The molecule has 0 atom stereocenters. The van der Waals surface area contributed by atoms with Gasteiger partial charge in [-0.05, 0) is 51.6 Å². The Labute approximate surface area is 189 Å². The fraction of sp³-hybridized carbons (Fsp3) is 0.500. The molecule has 0 aliphatic carbocycles. The third kappa shape index (κ3) is 4.60. The number of anilines is 1. The summed E-state index contributed by atoms with van der Waals surface area (Å²) in [5.41, 5.74) is 2.79. The summed E-state index contributed by atoms with van der Waals surface area (Å²) in [6.45, 7) is 4.27. The van der Waals surface area contributed by atoms with E-state index in [0.29, 0.717) is 32.6 Å². The van der Waals surface area contributed by atoms with Crippen LogP contribution in [0.1, 0.15) is 41.4 Å². The van der Waals surface area contributed by atoms with Crippen molar-refractivity contribution in [2.45, 2.75) is 38.6 Å². The fourth-order valence-electron chi connectivity index (χ4n) is 4.45. The van der Waals surface area contributed by atoms with Gasteiger partial charge in [-0.15, -0.1) is 0 Å². The zero-order valence-electron chi connectivity index (χ0n) is 19.3. The predicted octanol–water partition coefficient (Wildman–Crippen LogP) is 2.15. The number of amides is 2. The van der Waals surface area contributed by atoms with Crippen molar-refractivity contribution >= 4 is 17.6 Å². The van der Waals surface area contributed by atoms with Gasteiger partial charge < -0.3 is 14.5 Å². The Kier molecular flexibility index (Phi) is 6.41. The van der Waals surface area contributed by atoms with Crippen LogP contribution >= 0.6 is 0 Å². The SMILES string of the molecule is COc1cccc(CN2C(=O)Cc3c(C)nc(C4CCN(C(=O)CN(C)C)CC4)nc32)c1. The molecule has 0 radical (unpaired) electrons. The Morgan fingerprint density at radius 2 is 1.97 bits per heavy atom. The second-order valence-electron chi connectivity index (χ2n) is 8.87. The molecule has 3 heterocycles. The van der Waals surface area contributed by atoms with Crippen LogP contribution in [0.3, 0.4) is 0 Å². The van der Waals surface area contributed by atoms with Gasteiger partial charge in [0.15, 0.2) is 0 Å². The van der Waals surface area contributed by atoms with E-state index in [9.17, 15) is 9.59 Å². The van der Waals surface area contributed by atoms with Crippen LogP contribution < -0.4 is 9.64 Å². The number of benzene rings is 1. The quantitative estimate of drug-likeness (QED) is 0.689. The molecule has 1 fully saturated rings. The molecule has 2 aromatic rings. The Hall–Kier alpha value is -3.00. The molecular formula is C24H31N5O3. The van der Waals surface area contributed by atoms with Crippen molar-refractivity contribution in [3.63, 3.8) is 0 Å². The van der Waals surface area contributed by atoms with E-state index in [4.69, 9.17) is 14.7 Å². The molecule has 8 heteroatoms. The van der Waals surface area contributed by atoms with Crippen molar-refractivity contribution < 1.29 is 14.3 Å². The lowest BCUT2D eigenvalue weighted by atomic mass is 9.95. The number of nitrogens with zero attached hydrogens (tertiary/aromatic N) is 5. The summed E-state index contributed by atoms with van der Waals surface area (Å²) in [4.78, 5) is 40.4. The van der Waals surface area contributed by atoms with Crippen molar-refractivity contribution in [3.8, 4) is 5.75 Å². The van der Waals surface area contributed by atoms with Crippen LogP contribution in [0.2, 0.25) is 0 Å². The number of likely N-dealkylation sites (N-methyl/N-ethyl adjacent to an activating group) is 1. The summed E-state index contributed by atoms with van der Waals surface area (Å²) >= 11 is 0. The van der Waals surface area contributed by atoms with Crippen LogP contribution in [-0.2, 0) is 22.6 Å². The number of carbonyl (C=O) groups excluding carboxylic acids is 2. The number of rotatable bonds is 6. The van der Waals surface area contributed by atoms with Crippen LogP contribution in [0.25, 0.3) is 0 Å². The maximum atomic E-state index is 12.8. The van der Waals surface area contributed by atoms with E-state index in [1.54, 1.807) is 12.0 Å². The molecule has 0 spiro atoms. The third-order valence-electron chi connectivity index (χ3n) is 6.23. The maximum absolute atomic E-state index is 12.8. The smallest absolute Gasteiger partial charge is 0.236 e. The van der Waals surface area contributed by atoms with Gasteiger partial charge in [-0.3, -0.25) is 14.5 Å². The van der Waals surface area contributed by atoms with Gasteiger partial charge in [0.05, 0.1) is 26.6 Å². The van der Waals surface area contributed by atoms with Gasteiger partial charge in [-0.1, -0.05) is 12.1 Å². The minimum absolute atomic E-state index is 0.0430. The number of hydrogen-bond donors (Lipinski definition) is 0. The summed E-state index contributed by atoms with van der Waals surface area (Å²) < 4.78 is 5.32. The maximum Gasteiger partial charge on any atom is 0.236 e. The topological polar surface area (TPSA) is 78.9 Å². The van der Waals surface area contributed by atoms with Crippen LogP contribution in [0.5, 0.6) is 5.75 Å². The summed E-state index contributed by atoms with van der Waals surface area (Å²) in [6.07, 6.45) is 2.01. The van der Waals surface area contributed by atoms with E-state index in [2.05, 4.69) is 0 Å². The molecule has 1 saturated heterocycles. The average Bonchev–Trinajstić information content (AvgIpc) is 3.09. The average molecular weight is 438 g/mol. The largest absolute Gasteiger partial charge is 0.497 e. The highest BCUT2D eigenvalue weighted by atomic mass is 16.5. The van der Waals surface area contributed by atoms with Gasteiger partial charge in [-0.25, -0.2) is 9.97 Å². The van der Waals surface area contributed by atoms with Gasteiger partial charge in [-0.2, -0.15) is 0 Å². The van der Waals surface area contributed by atoms with Crippen molar-refractivity contribution in [2.24, 2.45) is 0 Å². The molecule has 32 heavy (non-hydrogen) atoms. The zero-order valence-corrected chi connectivity index (χ0v) is 19.3. The lowest BCUT2D eigenvalue weighted by Crippen LogP contribution is -2.42. The number of aromatic nitrogens is 2. The molecule has 1 aromatic heterocycles. The summed E-state index contributed by atoms with van der Waals surface area (Å²) in [5.74, 6) is 2.68. The number of likely N-dealkylation sites (tertiary alicyclic amines) is 1. The van der Waals surface area contributed by atoms with E-state index < -0.39 is 0 Å². The van der Waals surface area contributed by atoms with E-state index >= 15 is 0 Å². The zero-order chi connectivity index (χ0) is 22.8. The minimum atomic E-state index is 0.0430. The standard InChI is InChI=1S/C24H31N5O3/c1-16-20-13-21(30)29(14-17-6-5-7-19(12-17)32-4)24(20)26-23(25-16)18-8-10-28(11-9-18)22(31)15-27(2)3/h5-7,12,18H,8-11,13-15H2,1-4H3. The molecule has 4 rings (SSSR count). The van der Waals surface area contributed by atoms with Crippen molar-refractivity contribution in [1.29, 1.82) is 0 Å². The molecule has 0 N–H and O–H groups in total. The van der Waals surface area contributed by atoms with Crippen molar-refractivity contribution in [2.75, 3.05) is 45.7 Å². The second kappa shape index (κ2) is 9.24. The molecule has 0 bridgehead atoms. The predicted molar refractivity (Wildman–Crippen MR) is 122 cm³/mol. The Morgan fingerprint density at radius 1 is 1.22 bits per heavy atom. The van der Waals surface area contributed by atoms with Crippen molar-refractivity contribution in [1.82, 2.24) is 19.8 Å². The Bertz CT molecular complexity index is 1010. The van der Waals surface area contributed by atoms with E-state index in [-0.39, 0.29) is 17.7 Å². The van der Waals surface area contributed by atoms with Gasteiger partial charge >= 0.3 is 0 Å². The Morgan fingerprint density at radius 3 is 2.66 bits per heavy atom. The lowest BCUT2D eigenvalue weighted by molar-refractivity contribution is -0.132. The molecule has 2 aliphatic rings. The first kappa shape index (κ1) is 22.2. The summed E-state index contributed by atoms with van der Waals surface area (Å²) in [5, 5.41) is 0. The molecule has 170 valence electrons. The highest BCUT2D eigenvalue weighted by molar-refractivity contribution is 6.00. The summed E-state index contributed by atoms with van der Waals surface area (Å²) in [6, 6.07) is 7.75. The third-order valence-corrected chi connectivity index (χ3v) is 6.23. The molecule has 8 nitrogen and oxygen atoms in total. The summed E-state index contributed by atoms with van der Waals surface area (Å²) in [7, 11) is 5.45. The van der Waals surface area contributed by atoms with Gasteiger partial charge in [0.2, 0.25) is 11.8 Å². The molecule has 0 saturated carbocycles. The molecule has 2 amide bonds. The number of piperidine rings is 1. The first-order valence-corrected chi connectivity index (χ1v) is 11.1. The lowest BCUT2D eigenvalue weighted by Gasteiger charge is -2.32. The number of aryl methyl sites for hydroxylation is 1. The van der Waals surface area contributed by atoms with Crippen molar-refractivity contribution in [3.05, 3.63) is 46.9 Å². The Balaban J connectivity index is 1.52. The number of methoxy groups -OCH3 is 1. The van der Waals surface area contributed by atoms with E-state index in [1.165, 1.54) is 0 Å². The van der Waals surface area contributed by atoms with Crippen LogP contribution in [0, 0.1) is 6.92 Å². The fourth-order valence-corrected chi connectivity index (χ4v) is 4.45. The highest BCUT2D eigenvalue weighted by Gasteiger charge is 2.33. The van der Waals surface area contributed by atoms with Crippen LogP contribution in [-0.4, -0.2) is 72.4 Å². The highest BCUT2D eigenvalue weighted by Crippen LogP contribution is 2.34. The first-order chi connectivity index (χ1) is 15.4. The van der Waals surface area contributed by atoms with Gasteiger partial charge in [0, 0.05) is 30.3 Å². The van der Waals surface area contributed by atoms with E-state index in [1.807, 2.05) is 55.1 Å². The second-order valence-corrected chi connectivity index (χ2v) is 8.87. The van der Waals surface area contributed by atoms with Gasteiger partial charge in [0.1, 0.15) is 17.4 Å². The monoisotopic (exact) mass is 437 g/mol. The number of fused-ring (bicyclic) bond motifs is 1. The first-order valence-electron chi connectivity index (χ1n) is 11.1. The van der Waals surface area contributed by atoms with Crippen LogP contribution in [0.15, 0.2) is 24.3 Å². The van der Waals surface area contributed by atoms with Gasteiger partial charge in [0.25, 0.3) is 0 Å². The minimum Gasteiger partial charge on any atom is -0.497 e. The molecule has 1 aromatic carbocycles.